The molecule has 2 aromatic rings. The number of nitrogens with one attached hydrogen (secondary N) is 2. The first-order chi connectivity index (χ1) is 8.81. The number of methoxy groups -OCH3 is 1. The molecule has 2 aromatic heterocycles. The molecule has 2 heterocycles. The Hall–Kier alpha value is -2.00. The summed E-state index contributed by atoms with van der Waals surface area (Å²) in [5.41, 5.74) is 5.19. The highest BCUT2D eigenvalue weighted by Gasteiger charge is 2.05. The van der Waals surface area contributed by atoms with E-state index < -0.39 is 0 Å². The molecule has 0 saturated carbocycles. The van der Waals surface area contributed by atoms with Gasteiger partial charge < -0.3 is 10.1 Å². The Morgan fingerprint density at radius 2 is 2.17 bits per heavy atom. The van der Waals surface area contributed by atoms with Gasteiger partial charge in [0.25, 0.3) is 0 Å². The summed E-state index contributed by atoms with van der Waals surface area (Å²) in [5.74, 6) is 5.91. The molecular formula is C9H13N7OS. The third kappa shape index (κ3) is 3.25. The Balaban J connectivity index is 1.95. The summed E-state index contributed by atoms with van der Waals surface area (Å²) in [6.45, 7) is 0.668. The molecule has 96 valence electrons. The molecule has 0 unspecified atom stereocenters. The minimum Gasteiger partial charge on any atom is -0.467 e. The Bertz CT molecular complexity index is 467. The van der Waals surface area contributed by atoms with Crippen molar-refractivity contribution < 1.29 is 4.74 Å². The average Bonchev–Trinajstić information content (AvgIpc) is 2.91. The summed E-state index contributed by atoms with van der Waals surface area (Å²) in [7, 11) is 1.48. The zero-order chi connectivity index (χ0) is 12.8. The quantitative estimate of drug-likeness (QED) is 0.505. The maximum atomic E-state index is 5.25. The van der Waals surface area contributed by atoms with Crippen molar-refractivity contribution >= 4 is 23.2 Å². The van der Waals surface area contributed by atoms with Gasteiger partial charge in [-0.2, -0.15) is 15.0 Å². The van der Waals surface area contributed by atoms with Crippen LogP contribution in [0.15, 0.2) is 10.9 Å². The second-order valence-corrected chi connectivity index (χ2v) is 3.99. The van der Waals surface area contributed by atoms with E-state index in [1.165, 1.54) is 7.11 Å². The maximum Gasteiger partial charge on any atom is 0.322 e. The van der Waals surface area contributed by atoms with E-state index in [0.717, 1.165) is 12.1 Å². The first-order valence-electron chi connectivity index (χ1n) is 5.19. The summed E-state index contributed by atoms with van der Waals surface area (Å²) < 4.78 is 4.94. The molecule has 8 nitrogen and oxygen atoms in total. The number of nitrogens with zero attached hydrogens (tertiary/aromatic N) is 4. The fraction of sp³-hybridized carbons (Fsp3) is 0.333. The molecule has 4 N–H and O–H groups in total. The van der Waals surface area contributed by atoms with E-state index in [0.29, 0.717) is 12.5 Å². The van der Waals surface area contributed by atoms with Gasteiger partial charge in [0.2, 0.25) is 11.9 Å². The van der Waals surface area contributed by atoms with Crippen LogP contribution in [-0.4, -0.2) is 33.6 Å². The summed E-state index contributed by atoms with van der Waals surface area (Å²) in [6.07, 6.45) is 0.795. The van der Waals surface area contributed by atoms with E-state index in [2.05, 4.69) is 30.7 Å². The highest BCUT2D eigenvalue weighted by atomic mass is 32.1. The van der Waals surface area contributed by atoms with Crippen LogP contribution in [-0.2, 0) is 6.42 Å². The summed E-state index contributed by atoms with van der Waals surface area (Å²) in [5, 5.41) is 5.06. The smallest absolute Gasteiger partial charge is 0.322 e. The number of ether oxygens (including phenoxy) is 1. The van der Waals surface area contributed by atoms with Crippen molar-refractivity contribution in [1.29, 1.82) is 0 Å². The number of anilines is 2. The molecule has 0 aliphatic carbocycles. The zero-order valence-corrected chi connectivity index (χ0v) is 10.6. The highest BCUT2D eigenvalue weighted by molar-refractivity contribution is 7.07. The van der Waals surface area contributed by atoms with E-state index >= 15 is 0 Å². The predicted octanol–water partition coefficient (Wildman–Crippen LogP) is 0.277. The second-order valence-electron chi connectivity index (χ2n) is 3.27. The number of aromatic nitrogens is 4. The zero-order valence-electron chi connectivity index (χ0n) is 9.75. The average molecular weight is 267 g/mol. The van der Waals surface area contributed by atoms with Crippen molar-refractivity contribution in [3.8, 4) is 6.01 Å². The van der Waals surface area contributed by atoms with Gasteiger partial charge in [-0.15, -0.1) is 11.3 Å². The number of nitrogens with two attached hydrogens (primary N) is 1. The molecular weight excluding hydrogens is 254 g/mol. The topological polar surface area (TPSA) is 111 Å². The molecule has 0 bridgehead atoms. The molecule has 0 spiro atoms. The fourth-order valence-corrected chi connectivity index (χ4v) is 1.85. The lowest BCUT2D eigenvalue weighted by Gasteiger charge is -2.06. The van der Waals surface area contributed by atoms with Crippen molar-refractivity contribution in [2.24, 2.45) is 5.84 Å². The van der Waals surface area contributed by atoms with Crippen molar-refractivity contribution in [3.63, 3.8) is 0 Å². The van der Waals surface area contributed by atoms with Crippen LogP contribution >= 0.6 is 11.3 Å². The largest absolute Gasteiger partial charge is 0.467 e. The molecule has 9 heteroatoms. The van der Waals surface area contributed by atoms with E-state index in [1.807, 2.05) is 5.38 Å². The number of nitrogen functional groups attached to an aromatic ring is 1. The first kappa shape index (κ1) is 12.5. The van der Waals surface area contributed by atoms with Gasteiger partial charge in [0, 0.05) is 18.3 Å². The number of hydrazine groups is 1. The highest BCUT2D eigenvalue weighted by Crippen LogP contribution is 2.10. The molecule has 0 saturated heterocycles. The van der Waals surface area contributed by atoms with Crippen molar-refractivity contribution in [2.45, 2.75) is 6.42 Å². The standard InChI is InChI=1S/C9H13N7OS/c1-17-9-14-7(13-8(15-9)16-10)11-3-2-6-4-18-5-12-6/h4-5H,2-3,10H2,1H3,(H2,11,13,14,15,16). The van der Waals surface area contributed by atoms with Gasteiger partial charge in [0.15, 0.2) is 0 Å². The van der Waals surface area contributed by atoms with Crippen LogP contribution in [0.25, 0.3) is 0 Å². The normalized spacial score (nSPS) is 10.1. The van der Waals surface area contributed by atoms with Gasteiger partial charge in [-0.3, -0.25) is 5.43 Å². The van der Waals surface area contributed by atoms with Crippen LogP contribution in [0.3, 0.4) is 0 Å². The molecule has 0 radical (unpaired) electrons. The van der Waals surface area contributed by atoms with Gasteiger partial charge in [-0.05, 0) is 0 Å². The lowest BCUT2D eigenvalue weighted by Crippen LogP contribution is -2.15. The number of thiazole rings is 1. The predicted molar refractivity (Wildman–Crippen MR) is 68.5 cm³/mol. The van der Waals surface area contributed by atoms with E-state index in [1.54, 1.807) is 16.8 Å². The molecule has 0 amide bonds. The van der Waals surface area contributed by atoms with Crippen LogP contribution in [0.2, 0.25) is 0 Å². The monoisotopic (exact) mass is 267 g/mol. The van der Waals surface area contributed by atoms with Crippen LogP contribution in [0, 0.1) is 0 Å². The Labute approximate surface area is 108 Å². The molecule has 0 atom stereocenters. The third-order valence-corrected chi connectivity index (χ3v) is 2.71. The van der Waals surface area contributed by atoms with Crippen LogP contribution in [0.5, 0.6) is 6.01 Å². The summed E-state index contributed by atoms with van der Waals surface area (Å²) >= 11 is 1.57. The fourth-order valence-electron chi connectivity index (χ4n) is 1.25. The van der Waals surface area contributed by atoms with Gasteiger partial charge in [-0.1, -0.05) is 0 Å². The van der Waals surface area contributed by atoms with E-state index in [4.69, 9.17) is 10.6 Å². The minimum absolute atomic E-state index is 0.203. The molecule has 0 aliphatic rings. The maximum absolute atomic E-state index is 5.25. The number of rotatable bonds is 6. The number of hydrogen-bond acceptors (Lipinski definition) is 9. The van der Waals surface area contributed by atoms with Crippen LogP contribution < -0.4 is 21.3 Å². The molecule has 2 rings (SSSR count). The van der Waals surface area contributed by atoms with Crippen molar-refractivity contribution in [1.82, 2.24) is 19.9 Å². The SMILES string of the molecule is COc1nc(NN)nc(NCCc2cscn2)n1. The minimum atomic E-state index is 0.203. The summed E-state index contributed by atoms with van der Waals surface area (Å²) in [6, 6.07) is 0.203. The Kier molecular flexibility index (Phi) is 4.20. The lowest BCUT2D eigenvalue weighted by atomic mass is 10.3. The van der Waals surface area contributed by atoms with Gasteiger partial charge in [0.05, 0.1) is 18.3 Å². The van der Waals surface area contributed by atoms with Gasteiger partial charge in [-0.25, -0.2) is 10.8 Å². The summed E-state index contributed by atoms with van der Waals surface area (Å²) in [4.78, 5) is 16.2. The Morgan fingerprint density at radius 3 is 2.83 bits per heavy atom. The third-order valence-electron chi connectivity index (χ3n) is 2.07. The van der Waals surface area contributed by atoms with Crippen molar-refractivity contribution in [2.75, 3.05) is 24.4 Å². The van der Waals surface area contributed by atoms with Crippen LogP contribution in [0.1, 0.15) is 5.69 Å². The molecule has 18 heavy (non-hydrogen) atoms. The van der Waals surface area contributed by atoms with Crippen molar-refractivity contribution in [3.05, 3.63) is 16.6 Å². The van der Waals surface area contributed by atoms with Gasteiger partial charge >= 0.3 is 6.01 Å². The van der Waals surface area contributed by atoms with Gasteiger partial charge in [0.1, 0.15) is 0 Å². The van der Waals surface area contributed by atoms with Crippen LogP contribution in [0.4, 0.5) is 11.9 Å². The molecule has 0 fully saturated rings. The Morgan fingerprint density at radius 1 is 1.33 bits per heavy atom. The molecule has 0 aromatic carbocycles. The first-order valence-corrected chi connectivity index (χ1v) is 6.13. The molecule has 0 aliphatic heterocycles. The van der Waals surface area contributed by atoms with E-state index in [-0.39, 0.29) is 12.0 Å². The second kappa shape index (κ2) is 6.07. The number of hydrogen-bond donors (Lipinski definition) is 3. The van der Waals surface area contributed by atoms with E-state index in [9.17, 15) is 0 Å². The lowest BCUT2D eigenvalue weighted by molar-refractivity contribution is 0.379.